The van der Waals surface area contributed by atoms with Crippen molar-refractivity contribution in [3.05, 3.63) is 83.8 Å². The lowest BCUT2D eigenvalue weighted by molar-refractivity contribution is 0.360. The molecule has 26 heavy (non-hydrogen) atoms. The van der Waals surface area contributed by atoms with Crippen LogP contribution in [0, 0.1) is 6.92 Å². The minimum Gasteiger partial charge on any atom is -0.497 e. The molecule has 0 atom stereocenters. The molecule has 4 nitrogen and oxygen atoms in total. The van der Waals surface area contributed by atoms with E-state index in [2.05, 4.69) is 41.4 Å². The number of aryl methyl sites for hydroxylation is 1. The van der Waals surface area contributed by atoms with Crippen molar-refractivity contribution in [3.63, 3.8) is 0 Å². The zero-order valence-electron chi connectivity index (χ0n) is 14.9. The molecule has 2 aromatic carbocycles. The van der Waals surface area contributed by atoms with Gasteiger partial charge in [0.05, 0.1) is 19.9 Å². The maximum atomic E-state index is 5.67. The molecule has 0 fully saturated rings. The van der Waals surface area contributed by atoms with Crippen LogP contribution < -0.4 is 10.1 Å². The highest BCUT2D eigenvalue weighted by Crippen LogP contribution is 2.18. The Balaban J connectivity index is 1.75. The van der Waals surface area contributed by atoms with E-state index >= 15 is 0 Å². The summed E-state index contributed by atoms with van der Waals surface area (Å²) in [6.07, 6.45) is 1.68. The van der Waals surface area contributed by atoms with Crippen molar-refractivity contribution in [1.82, 2.24) is 4.90 Å². The Morgan fingerprint density at radius 3 is 2.54 bits per heavy atom. The van der Waals surface area contributed by atoms with Crippen molar-refractivity contribution in [1.29, 1.82) is 0 Å². The number of hydrogen-bond acceptors (Lipinski definition) is 3. The van der Waals surface area contributed by atoms with Crippen molar-refractivity contribution in [3.8, 4) is 5.75 Å². The minimum atomic E-state index is 0.600. The largest absolute Gasteiger partial charge is 0.497 e. The van der Waals surface area contributed by atoms with E-state index in [0.717, 1.165) is 17.2 Å². The molecule has 1 heterocycles. The Labute approximate surface area is 159 Å². The molecule has 5 heteroatoms. The Morgan fingerprint density at radius 1 is 1.08 bits per heavy atom. The van der Waals surface area contributed by atoms with Gasteiger partial charge in [0.2, 0.25) is 0 Å². The zero-order valence-corrected chi connectivity index (χ0v) is 15.8. The standard InChI is InChI=1S/C21H22N2O2S/c1-16-5-3-6-17(13-16)14-23(15-20-7-4-12-25-20)21(26)22-18-8-10-19(24-2)11-9-18/h3-13H,14-15H2,1-2H3,(H,22,26). The maximum Gasteiger partial charge on any atom is 0.174 e. The van der Waals surface area contributed by atoms with E-state index in [-0.39, 0.29) is 0 Å². The monoisotopic (exact) mass is 366 g/mol. The van der Waals surface area contributed by atoms with Gasteiger partial charge in [-0.15, -0.1) is 0 Å². The lowest BCUT2D eigenvalue weighted by Crippen LogP contribution is -2.33. The third kappa shape index (κ3) is 4.86. The summed E-state index contributed by atoms with van der Waals surface area (Å²) in [6, 6.07) is 20.0. The molecule has 0 saturated heterocycles. The molecule has 1 aromatic heterocycles. The van der Waals surface area contributed by atoms with E-state index in [1.54, 1.807) is 13.4 Å². The Hall–Kier alpha value is -2.79. The number of furan rings is 1. The molecule has 0 aliphatic carbocycles. The van der Waals surface area contributed by atoms with Gasteiger partial charge in [0.25, 0.3) is 0 Å². The SMILES string of the molecule is COc1ccc(NC(=S)N(Cc2cccc(C)c2)Cc2ccco2)cc1. The van der Waals surface area contributed by atoms with E-state index in [1.165, 1.54) is 11.1 Å². The van der Waals surface area contributed by atoms with Crippen molar-refractivity contribution in [2.75, 3.05) is 12.4 Å². The highest BCUT2D eigenvalue weighted by Gasteiger charge is 2.13. The quantitative estimate of drug-likeness (QED) is 0.622. The van der Waals surface area contributed by atoms with Gasteiger partial charge in [-0.25, -0.2) is 0 Å². The normalized spacial score (nSPS) is 10.4. The van der Waals surface area contributed by atoms with Gasteiger partial charge in [-0.05, 0) is 61.1 Å². The first kappa shape index (κ1) is 18.0. The topological polar surface area (TPSA) is 37.6 Å². The summed E-state index contributed by atoms with van der Waals surface area (Å²) in [5.41, 5.74) is 3.36. The molecule has 0 aliphatic rings. The second kappa shape index (κ2) is 8.54. The number of thiocarbonyl (C=S) groups is 1. The number of benzene rings is 2. The second-order valence-corrected chi connectivity index (χ2v) is 6.47. The highest BCUT2D eigenvalue weighted by molar-refractivity contribution is 7.80. The van der Waals surface area contributed by atoms with Gasteiger partial charge in [-0.3, -0.25) is 0 Å². The van der Waals surface area contributed by atoms with Crippen LogP contribution in [0.4, 0.5) is 5.69 Å². The van der Waals surface area contributed by atoms with Gasteiger partial charge in [0, 0.05) is 12.2 Å². The van der Waals surface area contributed by atoms with E-state index in [1.807, 2.05) is 36.4 Å². The minimum absolute atomic E-state index is 0.600. The molecule has 3 aromatic rings. The Bertz CT molecular complexity index is 845. The van der Waals surface area contributed by atoms with Gasteiger partial charge in [0.1, 0.15) is 11.5 Å². The lowest BCUT2D eigenvalue weighted by Gasteiger charge is -2.25. The number of rotatable bonds is 6. The molecular weight excluding hydrogens is 344 g/mol. The number of nitrogens with one attached hydrogen (secondary N) is 1. The average Bonchev–Trinajstić information content (AvgIpc) is 3.15. The van der Waals surface area contributed by atoms with Crippen LogP contribution in [-0.4, -0.2) is 17.1 Å². The summed E-state index contributed by atoms with van der Waals surface area (Å²) in [4.78, 5) is 2.09. The van der Waals surface area contributed by atoms with Gasteiger partial charge >= 0.3 is 0 Å². The lowest BCUT2D eigenvalue weighted by atomic mass is 10.1. The fourth-order valence-corrected chi connectivity index (χ4v) is 2.94. The van der Waals surface area contributed by atoms with Crippen LogP contribution in [0.2, 0.25) is 0 Å². The first-order chi connectivity index (χ1) is 12.6. The van der Waals surface area contributed by atoms with E-state index < -0.39 is 0 Å². The third-order valence-corrected chi connectivity index (χ3v) is 4.37. The van der Waals surface area contributed by atoms with Crippen LogP contribution in [0.1, 0.15) is 16.9 Å². The predicted octanol–water partition coefficient (Wildman–Crippen LogP) is 5.00. The predicted molar refractivity (Wildman–Crippen MR) is 108 cm³/mol. The summed E-state index contributed by atoms with van der Waals surface area (Å²) < 4.78 is 10.7. The third-order valence-electron chi connectivity index (χ3n) is 4.01. The van der Waals surface area contributed by atoms with Gasteiger partial charge < -0.3 is 19.4 Å². The van der Waals surface area contributed by atoms with Crippen LogP contribution in [0.5, 0.6) is 5.75 Å². The molecule has 0 bridgehead atoms. The van der Waals surface area contributed by atoms with Crippen LogP contribution in [0.15, 0.2) is 71.3 Å². The molecule has 1 N–H and O–H groups in total. The van der Waals surface area contributed by atoms with E-state index in [4.69, 9.17) is 21.4 Å². The summed E-state index contributed by atoms with van der Waals surface area (Å²) in [7, 11) is 1.65. The number of methoxy groups -OCH3 is 1. The molecule has 0 unspecified atom stereocenters. The summed E-state index contributed by atoms with van der Waals surface area (Å²) in [6.45, 7) is 3.39. The smallest absolute Gasteiger partial charge is 0.174 e. The highest BCUT2D eigenvalue weighted by atomic mass is 32.1. The van der Waals surface area contributed by atoms with Gasteiger partial charge in [-0.2, -0.15) is 0 Å². The van der Waals surface area contributed by atoms with E-state index in [0.29, 0.717) is 18.2 Å². The number of ether oxygens (including phenoxy) is 1. The van der Waals surface area contributed by atoms with Crippen molar-refractivity contribution in [2.45, 2.75) is 20.0 Å². The first-order valence-corrected chi connectivity index (χ1v) is 8.83. The number of anilines is 1. The zero-order chi connectivity index (χ0) is 18.4. The van der Waals surface area contributed by atoms with Gasteiger partial charge in [-0.1, -0.05) is 29.8 Å². The Morgan fingerprint density at radius 2 is 1.88 bits per heavy atom. The fraction of sp³-hybridized carbons (Fsp3) is 0.190. The Kier molecular flexibility index (Phi) is 5.92. The molecule has 134 valence electrons. The number of hydrogen-bond donors (Lipinski definition) is 1. The fourth-order valence-electron chi connectivity index (χ4n) is 2.70. The average molecular weight is 366 g/mol. The van der Waals surface area contributed by atoms with Gasteiger partial charge in [0.15, 0.2) is 5.11 Å². The molecular formula is C21H22N2O2S. The van der Waals surface area contributed by atoms with Crippen LogP contribution in [0.25, 0.3) is 0 Å². The summed E-state index contributed by atoms with van der Waals surface area (Å²) >= 11 is 5.67. The number of nitrogens with zero attached hydrogens (tertiary/aromatic N) is 1. The van der Waals surface area contributed by atoms with Crippen LogP contribution in [-0.2, 0) is 13.1 Å². The second-order valence-electron chi connectivity index (χ2n) is 6.08. The van der Waals surface area contributed by atoms with Crippen LogP contribution in [0.3, 0.4) is 0 Å². The molecule has 0 spiro atoms. The van der Waals surface area contributed by atoms with Crippen LogP contribution >= 0.6 is 12.2 Å². The summed E-state index contributed by atoms with van der Waals surface area (Å²) in [5.74, 6) is 1.69. The maximum absolute atomic E-state index is 5.67. The molecule has 0 radical (unpaired) electrons. The molecule has 0 amide bonds. The molecule has 0 saturated carbocycles. The summed E-state index contributed by atoms with van der Waals surface area (Å²) in [5, 5.41) is 3.95. The van der Waals surface area contributed by atoms with E-state index in [9.17, 15) is 0 Å². The molecule has 0 aliphatic heterocycles. The van der Waals surface area contributed by atoms with Crippen molar-refractivity contribution < 1.29 is 9.15 Å². The first-order valence-electron chi connectivity index (χ1n) is 8.42. The van der Waals surface area contributed by atoms with Crippen molar-refractivity contribution >= 4 is 23.0 Å². The molecule has 3 rings (SSSR count). The van der Waals surface area contributed by atoms with Crippen molar-refractivity contribution in [2.24, 2.45) is 0 Å².